The number of hydrogen-bond acceptors (Lipinski definition) is 3. The van der Waals surface area contributed by atoms with Crippen LogP contribution in [0, 0.1) is 0 Å². The Hall–Kier alpha value is -1.35. The fourth-order valence-electron chi connectivity index (χ4n) is 2.70. The fraction of sp³-hybridized carbons (Fsp3) is 0.533. The average molecular weight is 244 g/mol. The SMILES string of the molecule is O[C@@]1(NC2=NCCCCC2)C[C@H]1c1ccccc1. The van der Waals surface area contributed by atoms with Crippen molar-refractivity contribution in [3.05, 3.63) is 35.9 Å². The highest BCUT2D eigenvalue weighted by Crippen LogP contribution is 2.49. The first-order valence-corrected chi connectivity index (χ1v) is 6.87. The van der Waals surface area contributed by atoms with Crippen molar-refractivity contribution in [2.45, 2.75) is 43.7 Å². The maximum absolute atomic E-state index is 10.5. The van der Waals surface area contributed by atoms with E-state index in [2.05, 4.69) is 22.4 Å². The number of rotatable bonds is 2. The van der Waals surface area contributed by atoms with Crippen molar-refractivity contribution < 1.29 is 5.11 Å². The highest BCUT2D eigenvalue weighted by molar-refractivity contribution is 5.83. The molecule has 1 aliphatic carbocycles. The maximum atomic E-state index is 10.5. The lowest BCUT2D eigenvalue weighted by Gasteiger charge is -2.16. The minimum Gasteiger partial charge on any atom is -0.370 e. The summed E-state index contributed by atoms with van der Waals surface area (Å²) in [6.45, 7) is 0.897. The first-order chi connectivity index (χ1) is 8.78. The first kappa shape index (κ1) is 11.7. The molecule has 0 spiro atoms. The molecule has 2 N–H and O–H groups in total. The average Bonchev–Trinajstić information content (AvgIpc) is 3.11. The highest BCUT2D eigenvalue weighted by Gasteiger charge is 2.54. The van der Waals surface area contributed by atoms with Crippen molar-refractivity contribution in [2.75, 3.05) is 6.54 Å². The van der Waals surface area contributed by atoms with Crippen LogP contribution < -0.4 is 5.32 Å². The Morgan fingerprint density at radius 2 is 2.00 bits per heavy atom. The van der Waals surface area contributed by atoms with Crippen LogP contribution in [-0.4, -0.2) is 23.2 Å². The smallest absolute Gasteiger partial charge is 0.144 e. The van der Waals surface area contributed by atoms with Gasteiger partial charge in [-0.3, -0.25) is 4.99 Å². The second-order valence-electron chi connectivity index (χ2n) is 5.36. The zero-order valence-electron chi connectivity index (χ0n) is 10.6. The van der Waals surface area contributed by atoms with Gasteiger partial charge in [0.05, 0.1) is 5.84 Å². The number of aliphatic imine (C=N–C) groups is 1. The van der Waals surface area contributed by atoms with E-state index in [4.69, 9.17) is 0 Å². The summed E-state index contributed by atoms with van der Waals surface area (Å²) in [4.78, 5) is 4.52. The number of hydrogen-bond donors (Lipinski definition) is 2. The third kappa shape index (κ3) is 2.41. The van der Waals surface area contributed by atoms with E-state index in [9.17, 15) is 5.11 Å². The molecule has 0 radical (unpaired) electrons. The standard InChI is InChI=1S/C15H20N2O/c18-15(17-14-9-5-2-6-10-16-14)11-13(15)12-7-3-1-4-8-12/h1,3-4,7-8,13,18H,2,5-6,9-11H2,(H,16,17)/t13-,15-/m0/s1. The van der Waals surface area contributed by atoms with Crippen LogP contribution in [0.2, 0.25) is 0 Å². The van der Waals surface area contributed by atoms with Crippen LogP contribution in [0.1, 0.15) is 43.6 Å². The van der Waals surface area contributed by atoms with E-state index < -0.39 is 5.72 Å². The van der Waals surface area contributed by atoms with E-state index in [1.807, 2.05) is 18.2 Å². The van der Waals surface area contributed by atoms with E-state index in [0.29, 0.717) is 0 Å². The number of nitrogens with zero attached hydrogens (tertiary/aromatic N) is 1. The van der Waals surface area contributed by atoms with Crippen molar-refractivity contribution in [2.24, 2.45) is 4.99 Å². The van der Waals surface area contributed by atoms with Gasteiger partial charge in [0.25, 0.3) is 0 Å². The molecule has 2 aliphatic rings. The monoisotopic (exact) mass is 244 g/mol. The summed E-state index contributed by atoms with van der Waals surface area (Å²) in [5.41, 5.74) is 0.451. The van der Waals surface area contributed by atoms with Gasteiger partial charge in [-0.2, -0.15) is 0 Å². The Morgan fingerprint density at radius 1 is 1.17 bits per heavy atom. The minimum atomic E-state index is -0.759. The molecule has 1 aromatic carbocycles. The van der Waals surface area contributed by atoms with Crippen molar-refractivity contribution >= 4 is 5.84 Å². The second kappa shape index (κ2) is 4.73. The lowest BCUT2D eigenvalue weighted by Crippen LogP contribution is -2.38. The molecule has 0 saturated heterocycles. The quantitative estimate of drug-likeness (QED) is 0.785. The normalized spacial score (nSPS) is 31.4. The van der Waals surface area contributed by atoms with Crippen LogP contribution in [0.5, 0.6) is 0 Å². The van der Waals surface area contributed by atoms with E-state index in [0.717, 1.165) is 25.2 Å². The van der Waals surface area contributed by atoms with Crippen LogP contribution in [-0.2, 0) is 0 Å². The minimum absolute atomic E-state index is 0.213. The molecular formula is C15H20N2O. The van der Waals surface area contributed by atoms with E-state index >= 15 is 0 Å². The predicted octanol–water partition coefficient (Wildman–Crippen LogP) is 2.42. The molecule has 1 aliphatic heterocycles. The maximum Gasteiger partial charge on any atom is 0.144 e. The van der Waals surface area contributed by atoms with Gasteiger partial charge >= 0.3 is 0 Å². The van der Waals surface area contributed by atoms with Crippen molar-refractivity contribution in [3.8, 4) is 0 Å². The third-order valence-electron chi connectivity index (χ3n) is 3.87. The Morgan fingerprint density at radius 3 is 2.83 bits per heavy atom. The Labute approximate surface area is 108 Å². The van der Waals surface area contributed by atoms with Crippen LogP contribution in [0.25, 0.3) is 0 Å². The summed E-state index contributed by atoms with van der Waals surface area (Å²) >= 11 is 0. The van der Waals surface area contributed by atoms with Gasteiger partial charge in [-0.05, 0) is 18.4 Å². The summed E-state index contributed by atoms with van der Waals surface area (Å²) < 4.78 is 0. The van der Waals surface area contributed by atoms with Gasteiger partial charge < -0.3 is 10.4 Å². The van der Waals surface area contributed by atoms with Crippen molar-refractivity contribution in [3.63, 3.8) is 0 Å². The molecule has 0 bridgehead atoms. The fourth-order valence-corrected chi connectivity index (χ4v) is 2.70. The van der Waals surface area contributed by atoms with Crippen LogP contribution in [0.3, 0.4) is 0 Å². The molecular weight excluding hydrogens is 224 g/mol. The number of aliphatic hydroxyl groups is 1. The van der Waals surface area contributed by atoms with Crippen molar-refractivity contribution in [1.82, 2.24) is 5.32 Å². The van der Waals surface area contributed by atoms with Crippen molar-refractivity contribution in [1.29, 1.82) is 0 Å². The molecule has 1 aromatic rings. The Balaban J connectivity index is 1.66. The summed E-state index contributed by atoms with van der Waals surface area (Å²) in [7, 11) is 0. The molecule has 18 heavy (non-hydrogen) atoms. The van der Waals surface area contributed by atoms with Gasteiger partial charge in [0, 0.05) is 25.3 Å². The van der Waals surface area contributed by atoms with Crippen LogP contribution in [0.15, 0.2) is 35.3 Å². The molecule has 1 heterocycles. The lowest BCUT2D eigenvalue weighted by molar-refractivity contribution is 0.127. The molecule has 1 fully saturated rings. The number of nitrogens with one attached hydrogen (secondary N) is 1. The Bertz CT molecular complexity index is 443. The largest absolute Gasteiger partial charge is 0.370 e. The number of benzene rings is 1. The van der Waals surface area contributed by atoms with Gasteiger partial charge in [0.1, 0.15) is 5.72 Å². The zero-order valence-corrected chi connectivity index (χ0v) is 10.6. The van der Waals surface area contributed by atoms with Gasteiger partial charge in [0.15, 0.2) is 0 Å². The summed E-state index contributed by atoms with van der Waals surface area (Å²) in [6.07, 6.45) is 5.36. The summed E-state index contributed by atoms with van der Waals surface area (Å²) in [5.74, 6) is 1.21. The van der Waals surface area contributed by atoms with E-state index in [1.165, 1.54) is 24.8 Å². The summed E-state index contributed by atoms with van der Waals surface area (Å²) in [5, 5.41) is 13.8. The molecule has 0 amide bonds. The van der Waals surface area contributed by atoms with Gasteiger partial charge in [0.2, 0.25) is 0 Å². The van der Waals surface area contributed by atoms with E-state index in [1.54, 1.807) is 0 Å². The van der Waals surface area contributed by atoms with Crippen LogP contribution >= 0.6 is 0 Å². The molecule has 0 unspecified atom stereocenters. The molecule has 3 rings (SSSR count). The Kier molecular flexibility index (Phi) is 3.08. The highest BCUT2D eigenvalue weighted by atomic mass is 16.3. The van der Waals surface area contributed by atoms with Crippen LogP contribution in [0.4, 0.5) is 0 Å². The van der Waals surface area contributed by atoms with Gasteiger partial charge in [-0.25, -0.2) is 0 Å². The van der Waals surface area contributed by atoms with Gasteiger partial charge in [-0.15, -0.1) is 0 Å². The molecule has 1 saturated carbocycles. The molecule has 96 valence electrons. The molecule has 0 aromatic heterocycles. The number of amidine groups is 1. The third-order valence-corrected chi connectivity index (χ3v) is 3.87. The zero-order chi connectivity index (χ0) is 12.4. The van der Waals surface area contributed by atoms with E-state index in [-0.39, 0.29) is 5.92 Å². The van der Waals surface area contributed by atoms with Gasteiger partial charge in [-0.1, -0.05) is 36.8 Å². The molecule has 3 heteroatoms. The summed E-state index contributed by atoms with van der Waals surface area (Å²) in [6, 6.07) is 10.2. The predicted molar refractivity (Wildman–Crippen MR) is 72.7 cm³/mol. The molecule has 3 nitrogen and oxygen atoms in total. The first-order valence-electron chi connectivity index (χ1n) is 6.87. The topological polar surface area (TPSA) is 44.6 Å². The molecule has 2 atom stereocenters. The lowest BCUT2D eigenvalue weighted by atomic mass is 10.1. The second-order valence-corrected chi connectivity index (χ2v) is 5.36.